The summed E-state index contributed by atoms with van der Waals surface area (Å²) in [6.07, 6.45) is 2.56. The lowest BCUT2D eigenvalue weighted by molar-refractivity contribution is 0.414. The SMILES string of the molecule is CC#CCCNc1cc(C)ncc1OC. The Hall–Kier alpha value is -1.69. The molecule has 1 aromatic heterocycles. The predicted octanol–water partition coefficient (Wildman–Crippen LogP) is 2.22. The van der Waals surface area contributed by atoms with E-state index in [1.165, 1.54) is 0 Å². The van der Waals surface area contributed by atoms with Gasteiger partial charge in [0.15, 0.2) is 5.75 Å². The molecule has 1 heterocycles. The van der Waals surface area contributed by atoms with Gasteiger partial charge in [0.05, 0.1) is 19.0 Å². The van der Waals surface area contributed by atoms with E-state index in [4.69, 9.17) is 4.74 Å². The molecular weight excluding hydrogens is 188 g/mol. The van der Waals surface area contributed by atoms with Crippen LogP contribution in [0.4, 0.5) is 5.69 Å². The molecule has 0 unspecified atom stereocenters. The zero-order valence-corrected chi connectivity index (χ0v) is 9.42. The van der Waals surface area contributed by atoms with Crippen molar-refractivity contribution in [2.75, 3.05) is 19.0 Å². The standard InChI is InChI=1S/C12H16N2O/c1-4-5-6-7-13-11-8-10(2)14-9-12(11)15-3/h8-9H,6-7H2,1-3H3,(H,13,14). The van der Waals surface area contributed by atoms with E-state index in [1.54, 1.807) is 13.3 Å². The van der Waals surface area contributed by atoms with Gasteiger partial charge in [-0.3, -0.25) is 4.98 Å². The van der Waals surface area contributed by atoms with Gasteiger partial charge in [0, 0.05) is 18.7 Å². The number of aromatic nitrogens is 1. The monoisotopic (exact) mass is 204 g/mol. The highest BCUT2D eigenvalue weighted by atomic mass is 16.5. The van der Waals surface area contributed by atoms with Gasteiger partial charge in [-0.1, -0.05) is 0 Å². The van der Waals surface area contributed by atoms with Gasteiger partial charge in [-0.2, -0.15) is 0 Å². The minimum absolute atomic E-state index is 0.769. The van der Waals surface area contributed by atoms with Crippen LogP contribution in [0.25, 0.3) is 0 Å². The van der Waals surface area contributed by atoms with E-state index in [0.29, 0.717) is 0 Å². The van der Waals surface area contributed by atoms with Gasteiger partial charge in [-0.15, -0.1) is 11.8 Å². The summed E-state index contributed by atoms with van der Waals surface area (Å²) >= 11 is 0. The fourth-order valence-corrected chi connectivity index (χ4v) is 1.23. The van der Waals surface area contributed by atoms with Crippen LogP contribution in [0.15, 0.2) is 12.3 Å². The molecule has 0 aliphatic rings. The van der Waals surface area contributed by atoms with Gasteiger partial charge in [-0.25, -0.2) is 0 Å². The van der Waals surface area contributed by atoms with Gasteiger partial charge in [0.1, 0.15) is 0 Å². The highest BCUT2D eigenvalue weighted by Gasteiger charge is 2.02. The maximum absolute atomic E-state index is 5.20. The molecule has 0 saturated heterocycles. The number of methoxy groups -OCH3 is 1. The van der Waals surface area contributed by atoms with Crippen LogP contribution < -0.4 is 10.1 Å². The summed E-state index contributed by atoms with van der Waals surface area (Å²) in [6, 6.07) is 1.97. The zero-order chi connectivity index (χ0) is 11.1. The number of nitrogens with one attached hydrogen (secondary N) is 1. The van der Waals surface area contributed by atoms with Crippen molar-refractivity contribution in [2.24, 2.45) is 0 Å². The maximum atomic E-state index is 5.20. The summed E-state index contributed by atoms with van der Waals surface area (Å²) in [4.78, 5) is 4.16. The molecular formula is C12H16N2O. The number of aryl methyl sites for hydroxylation is 1. The van der Waals surface area contributed by atoms with Crippen molar-refractivity contribution >= 4 is 5.69 Å². The van der Waals surface area contributed by atoms with Crippen molar-refractivity contribution in [3.8, 4) is 17.6 Å². The number of pyridine rings is 1. The minimum Gasteiger partial charge on any atom is -0.493 e. The molecule has 0 aromatic carbocycles. The van der Waals surface area contributed by atoms with Crippen LogP contribution in [-0.4, -0.2) is 18.6 Å². The highest BCUT2D eigenvalue weighted by Crippen LogP contribution is 2.23. The van der Waals surface area contributed by atoms with E-state index in [2.05, 4.69) is 22.1 Å². The summed E-state index contributed by atoms with van der Waals surface area (Å²) in [5, 5.41) is 3.27. The van der Waals surface area contributed by atoms with Crippen LogP contribution in [0.2, 0.25) is 0 Å². The molecule has 0 radical (unpaired) electrons. The Balaban J connectivity index is 2.64. The fraction of sp³-hybridized carbons (Fsp3) is 0.417. The maximum Gasteiger partial charge on any atom is 0.160 e. The van der Waals surface area contributed by atoms with E-state index in [-0.39, 0.29) is 0 Å². The normalized spacial score (nSPS) is 9.00. The van der Waals surface area contributed by atoms with E-state index >= 15 is 0 Å². The van der Waals surface area contributed by atoms with Crippen molar-refractivity contribution in [3.05, 3.63) is 18.0 Å². The molecule has 1 rings (SSSR count). The van der Waals surface area contributed by atoms with Crippen LogP contribution in [0.1, 0.15) is 19.0 Å². The van der Waals surface area contributed by atoms with Gasteiger partial charge in [-0.05, 0) is 19.9 Å². The first-order chi connectivity index (χ1) is 7.27. The average molecular weight is 204 g/mol. The van der Waals surface area contributed by atoms with Crippen molar-refractivity contribution in [1.29, 1.82) is 0 Å². The molecule has 1 aromatic rings. The van der Waals surface area contributed by atoms with Gasteiger partial charge < -0.3 is 10.1 Å². The number of hydrogen-bond donors (Lipinski definition) is 1. The lowest BCUT2D eigenvalue weighted by Gasteiger charge is -2.09. The summed E-state index contributed by atoms with van der Waals surface area (Å²) in [7, 11) is 1.64. The predicted molar refractivity (Wildman–Crippen MR) is 62.1 cm³/mol. The highest BCUT2D eigenvalue weighted by molar-refractivity contribution is 5.55. The van der Waals surface area contributed by atoms with E-state index in [1.807, 2.05) is 19.9 Å². The molecule has 1 N–H and O–H groups in total. The second-order valence-corrected chi connectivity index (χ2v) is 3.13. The number of ether oxygens (including phenoxy) is 1. The fourth-order valence-electron chi connectivity index (χ4n) is 1.23. The zero-order valence-electron chi connectivity index (χ0n) is 9.42. The van der Waals surface area contributed by atoms with Gasteiger partial charge in [0.2, 0.25) is 0 Å². The summed E-state index contributed by atoms with van der Waals surface area (Å²) < 4.78 is 5.20. The number of nitrogens with zero attached hydrogens (tertiary/aromatic N) is 1. The quantitative estimate of drug-likeness (QED) is 0.603. The molecule has 3 nitrogen and oxygen atoms in total. The Morgan fingerprint density at radius 3 is 3.00 bits per heavy atom. The van der Waals surface area contributed by atoms with Crippen molar-refractivity contribution in [3.63, 3.8) is 0 Å². The van der Waals surface area contributed by atoms with Crippen molar-refractivity contribution < 1.29 is 4.74 Å². The third-order valence-corrected chi connectivity index (χ3v) is 1.97. The Bertz CT molecular complexity index is 377. The van der Waals surface area contributed by atoms with Crippen LogP contribution in [0.3, 0.4) is 0 Å². The molecule has 15 heavy (non-hydrogen) atoms. The first-order valence-electron chi connectivity index (χ1n) is 4.92. The lowest BCUT2D eigenvalue weighted by atomic mass is 10.3. The molecule has 0 spiro atoms. The molecule has 0 fully saturated rings. The molecule has 0 saturated carbocycles. The van der Waals surface area contributed by atoms with Crippen molar-refractivity contribution in [2.45, 2.75) is 20.3 Å². The second-order valence-electron chi connectivity index (χ2n) is 3.13. The van der Waals surface area contributed by atoms with Crippen molar-refractivity contribution in [1.82, 2.24) is 4.98 Å². The van der Waals surface area contributed by atoms with Gasteiger partial charge in [0.25, 0.3) is 0 Å². The molecule has 3 heteroatoms. The second kappa shape index (κ2) is 5.92. The number of anilines is 1. The molecule has 0 atom stereocenters. The van der Waals surface area contributed by atoms with Gasteiger partial charge >= 0.3 is 0 Å². The van der Waals surface area contributed by atoms with E-state index in [9.17, 15) is 0 Å². The molecule has 0 bridgehead atoms. The van der Waals surface area contributed by atoms with E-state index < -0.39 is 0 Å². The third-order valence-electron chi connectivity index (χ3n) is 1.97. The molecule has 0 aliphatic carbocycles. The van der Waals surface area contributed by atoms with Crippen LogP contribution in [0.5, 0.6) is 5.75 Å². The topological polar surface area (TPSA) is 34.2 Å². The minimum atomic E-state index is 0.769. The van der Waals surface area contributed by atoms with Crippen LogP contribution >= 0.6 is 0 Å². The first kappa shape index (κ1) is 11.4. The smallest absolute Gasteiger partial charge is 0.160 e. The average Bonchev–Trinajstić information content (AvgIpc) is 2.25. The lowest BCUT2D eigenvalue weighted by Crippen LogP contribution is -2.03. The molecule has 80 valence electrons. The molecule has 0 amide bonds. The summed E-state index contributed by atoms with van der Waals surface area (Å²) in [5.74, 6) is 6.63. The Kier molecular flexibility index (Phi) is 4.49. The Morgan fingerprint density at radius 1 is 1.53 bits per heavy atom. The Morgan fingerprint density at radius 2 is 2.33 bits per heavy atom. The largest absolute Gasteiger partial charge is 0.493 e. The third kappa shape index (κ3) is 3.51. The van der Waals surface area contributed by atoms with Crippen LogP contribution in [-0.2, 0) is 0 Å². The number of hydrogen-bond acceptors (Lipinski definition) is 3. The van der Waals surface area contributed by atoms with Crippen LogP contribution in [0, 0.1) is 18.8 Å². The summed E-state index contributed by atoms with van der Waals surface area (Å²) in [5.41, 5.74) is 1.95. The first-order valence-corrected chi connectivity index (χ1v) is 4.92. The Labute approximate surface area is 90.9 Å². The van der Waals surface area contributed by atoms with E-state index in [0.717, 1.165) is 30.1 Å². The summed E-state index contributed by atoms with van der Waals surface area (Å²) in [6.45, 7) is 4.62. The molecule has 0 aliphatic heterocycles. The number of rotatable bonds is 4.